The summed E-state index contributed by atoms with van der Waals surface area (Å²) in [5.74, 6) is 0.423. The molecule has 1 aliphatic heterocycles. The second kappa shape index (κ2) is 9.76. The van der Waals surface area contributed by atoms with E-state index in [1.807, 2.05) is 38.1 Å². The molecular formula is C19H29BrO4. The molecule has 0 amide bonds. The van der Waals surface area contributed by atoms with E-state index < -0.39 is 5.79 Å². The number of hydrogen-bond acceptors (Lipinski definition) is 4. The van der Waals surface area contributed by atoms with Crippen LogP contribution in [-0.4, -0.2) is 37.0 Å². The molecule has 0 aliphatic carbocycles. The molecule has 5 heteroatoms. The number of alkyl halides is 1. The Morgan fingerprint density at radius 1 is 1.04 bits per heavy atom. The van der Waals surface area contributed by atoms with Crippen LogP contribution in [0.15, 0.2) is 24.3 Å². The van der Waals surface area contributed by atoms with E-state index in [2.05, 4.69) is 15.9 Å². The van der Waals surface area contributed by atoms with Gasteiger partial charge in [0.2, 0.25) is 0 Å². The first kappa shape index (κ1) is 19.7. The number of benzene rings is 1. The Bertz CT molecular complexity index is 475. The van der Waals surface area contributed by atoms with Gasteiger partial charge >= 0.3 is 0 Å². The van der Waals surface area contributed by atoms with E-state index in [1.54, 1.807) is 7.11 Å². The first-order chi connectivity index (χ1) is 11.5. The minimum atomic E-state index is -0.454. The predicted molar refractivity (Wildman–Crippen MR) is 98.7 cm³/mol. The molecule has 1 aliphatic rings. The van der Waals surface area contributed by atoms with E-state index in [4.69, 9.17) is 18.9 Å². The molecular weight excluding hydrogens is 372 g/mol. The van der Waals surface area contributed by atoms with Gasteiger partial charge in [0.05, 0.1) is 25.9 Å². The zero-order valence-corrected chi connectivity index (χ0v) is 16.5. The molecule has 0 unspecified atom stereocenters. The molecule has 1 saturated heterocycles. The Hall–Kier alpha value is -0.620. The van der Waals surface area contributed by atoms with Gasteiger partial charge in [0, 0.05) is 11.9 Å². The van der Waals surface area contributed by atoms with Gasteiger partial charge in [-0.1, -0.05) is 40.9 Å². The Labute approximate surface area is 153 Å². The van der Waals surface area contributed by atoms with E-state index in [1.165, 1.54) is 5.56 Å². The van der Waals surface area contributed by atoms with Crippen molar-refractivity contribution >= 4 is 15.9 Å². The number of ether oxygens (including phenoxy) is 4. The molecule has 2 atom stereocenters. The maximum Gasteiger partial charge on any atom is 0.163 e. The molecule has 0 radical (unpaired) electrons. The predicted octanol–water partition coefficient (Wildman–Crippen LogP) is 4.69. The maximum absolute atomic E-state index is 5.96. The normalized spacial score (nSPS) is 22.7. The van der Waals surface area contributed by atoms with Gasteiger partial charge in [0.15, 0.2) is 5.79 Å². The summed E-state index contributed by atoms with van der Waals surface area (Å²) in [6.45, 7) is 5.41. The Balaban J connectivity index is 1.53. The third-order valence-electron chi connectivity index (χ3n) is 4.14. The van der Waals surface area contributed by atoms with Crippen molar-refractivity contribution < 1.29 is 18.9 Å². The average molecular weight is 401 g/mol. The van der Waals surface area contributed by atoms with Crippen LogP contribution in [0.2, 0.25) is 0 Å². The molecule has 1 aromatic rings. The lowest BCUT2D eigenvalue weighted by molar-refractivity contribution is -0.145. The van der Waals surface area contributed by atoms with Crippen molar-refractivity contribution in [1.82, 2.24) is 0 Å². The highest BCUT2D eigenvalue weighted by molar-refractivity contribution is 9.09. The zero-order chi connectivity index (χ0) is 17.4. The lowest BCUT2D eigenvalue weighted by atomic mass is 10.1. The van der Waals surface area contributed by atoms with Crippen molar-refractivity contribution in [3.05, 3.63) is 29.8 Å². The molecule has 0 bridgehead atoms. The molecule has 1 fully saturated rings. The Kier molecular flexibility index (Phi) is 8.01. The largest absolute Gasteiger partial charge is 0.497 e. The molecule has 136 valence electrons. The molecule has 0 aromatic heterocycles. The van der Waals surface area contributed by atoms with E-state index in [9.17, 15) is 0 Å². The van der Waals surface area contributed by atoms with Crippen LogP contribution < -0.4 is 4.74 Å². The SMILES string of the molecule is COc1ccc(COCCCCC[C@@H]2OC(C)(C)O[C@H]2CBr)cc1. The lowest BCUT2D eigenvalue weighted by Crippen LogP contribution is -2.23. The monoisotopic (exact) mass is 400 g/mol. The second-order valence-corrected chi connectivity index (χ2v) is 7.26. The van der Waals surface area contributed by atoms with Crippen molar-refractivity contribution in [1.29, 1.82) is 0 Å². The smallest absolute Gasteiger partial charge is 0.163 e. The lowest BCUT2D eigenvalue weighted by Gasteiger charge is -2.16. The number of unbranched alkanes of at least 4 members (excludes halogenated alkanes) is 2. The third-order valence-corrected chi connectivity index (χ3v) is 4.78. The van der Waals surface area contributed by atoms with E-state index in [-0.39, 0.29) is 12.2 Å². The summed E-state index contributed by atoms with van der Waals surface area (Å²) in [5, 5.41) is 0.825. The van der Waals surface area contributed by atoms with Crippen LogP contribution in [0, 0.1) is 0 Å². The van der Waals surface area contributed by atoms with Crippen molar-refractivity contribution in [3.8, 4) is 5.75 Å². The van der Waals surface area contributed by atoms with Crippen LogP contribution in [-0.2, 0) is 20.8 Å². The van der Waals surface area contributed by atoms with Gasteiger partial charge in [0.1, 0.15) is 5.75 Å². The van der Waals surface area contributed by atoms with Crippen LogP contribution in [0.3, 0.4) is 0 Å². The van der Waals surface area contributed by atoms with E-state index in [0.29, 0.717) is 6.61 Å². The van der Waals surface area contributed by atoms with Crippen molar-refractivity contribution in [3.63, 3.8) is 0 Å². The quantitative estimate of drug-likeness (QED) is 0.421. The summed E-state index contributed by atoms with van der Waals surface area (Å²) in [4.78, 5) is 0. The van der Waals surface area contributed by atoms with Crippen molar-refractivity contribution in [2.45, 2.75) is 64.1 Å². The topological polar surface area (TPSA) is 36.9 Å². The fourth-order valence-corrected chi connectivity index (χ4v) is 3.47. The number of methoxy groups -OCH3 is 1. The molecule has 1 heterocycles. The molecule has 0 spiro atoms. The summed E-state index contributed by atoms with van der Waals surface area (Å²) in [5.41, 5.74) is 1.18. The zero-order valence-electron chi connectivity index (χ0n) is 14.9. The maximum atomic E-state index is 5.96. The summed E-state index contributed by atoms with van der Waals surface area (Å²) in [7, 11) is 1.68. The summed E-state index contributed by atoms with van der Waals surface area (Å²) in [6, 6.07) is 8.01. The highest BCUT2D eigenvalue weighted by Gasteiger charge is 2.39. The molecule has 24 heavy (non-hydrogen) atoms. The standard InChI is InChI=1S/C19H29BrO4/c1-19(2)23-17(18(13-20)24-19)7-5-4-6-12-22-14-15-8-10-16(21-3)11-9-15/h8-11,17-18H,4-7,12-14H2,1-3H3/t17-,18-/m0/s1. The first-order valence-corrected chi connectivity index (χ1v) is 9.78. The minimum absolute atomic E-state index is 0.159. The summed E-state index contributed by atoms with van der Waals surface area (Å²) >= 11 is 3.51. The van der Waals surface area contributed by atoms with Gasteiger partial charge in [-0.3, -0.25) is 0 Å². The van der Waals surface area contributed by atoms with E-state index in [0.717, 1.165) is 43.4 Å². The van der Waals surface area contributed by atoms with Crippen LogP contribution >= 0.6 is 15.9 Å². The molecule has 2 rings (SSSR count). The van der Waals surface area contributed by atoms with E-state index >= 15 is 0 Å². The molecule has 0 saturated carbocycles. The van der Waals surface area contributed by atoms with Crippen LogP contribution in [0.4, 0.5) is 0 Å². The van der Waals surface area contributed by atoms with Crippen LogP contribution in [0.1, 0.15) is 45.1 Å². The highest BCUT2D eigenvalue weighted by Crippen LogP contribution is 2.31. The number of rotatable bonds is 10. The van der Waals surface area contributed by atoms with Gasteiger partial charge in [-0.05, 0) is 44.4 Å². The number of halogens is 1. The Morgan fingerprint density at radius 3 is 2.42 bits per heavy atom. The minimum Gasteiger partial charge on any atom is -0.497 e. The van der Waals surface area contributed by atoms with Gasteiger partial charge < -0.3 is 18.9 Å². The molecule has 1 aromatic carbocycles. The third kappa shape index (κ3) is 6.36. The van der Waals surface area contributed by atoms with Crippen LogP contribution in [0.5, 0.6) is 5.75 Å². The summed E-state index contributed by atoms with van der Waals surface area (Å²) in [6.07, 6.45) is 4.76. The summed E-state index contributed by atoms with van der Waals surface area (Å²) < 4.78 is 22.7. The average Bonchev–Trinajstić information content (AvgIpc) is 2.88. The fraction of sp³-hybridized carbons (Fsp3) is 0.684. The second-order valence-electron chi connectivity index (χ2n) is 6.62. The molecule has 4 nitrogen and oxygen atoms in total. The van der Waals surface area contributed by atoms with Gasteiger partial charge in [-0.2, -0.15) is 0 Å². The van der Waals surface area contributed by atoms with Crippen LogP contribution in [0.25, 0.3) is 0 Å². The Morgan fingerprint density at radius 2 is 1.75 bits per heavy atom. The first-order valence-electron chi connectivity index (χ1n) is 8.66. The van der Waals surface area contributed by atoms with Crippen molar-refractivity contribution in [2.24, 2.45) is 0 Å². The van der Waals surface area contributed by atoms with Gasteiger partial charge in [0.25, 0.3) is 0 Å². The van der Waals surface area contributed by atoms with Crippen molar-refractivity contribution in [2.75, 3.05) is 19.0 Å². The fourth-order valence-electron chi connectivity index (χ4n) is 2.92. The van der Waals surface area contributed by atoms with Gasteiger partial charge in [-0.15, -0.1) is 0 Å². The molecule has 0 N–H and O–H groups in total. The number of hydrogen-bond donors (Lipinski definition) is 0. The van der Waals surface area contributed by atoms with Gasteiger partial charge in [-0.25, -0.2) is 0 Å². The highest BCUT2D eigenvalue weighted by atomic mass is 79.9.